The Morgan fingerprint density at radius 3 is 2.32 bits per heavy atom. The predicted octanol–water partition coefficient (Wildman–Crippen LogP) is 7.31. The third kappa shape index (κ3) is 14.9. The lowest BCUT2D eigenvalue weighted by atomic mass is 9.90. The molecule has 0 spiro atoms. The first-order valence-electron chi connectivity index (χ1n) is 22.2. The molecule has 1 aromatic heterocycles. The second kappa shape index (κ2) is 25.0. The number of nitrogens with zero attached hydrogens (tertiary/aromatic N) is 2. The van der Waals surface area contributed by atoms with Crippen molar-refractivity contribution in [2.24, 2.45) is 5.92 Å². The van der Waals surface area contributed by atoms with Crippen LogP contribution in [-0.2, 0) is 41.4 Å². The van der Waals surface area contributed by atoms with Gasteiger partial charge in [-0.1, -0.05) is 81.6 Å². The quantitative estimate of drug-likeness (QED) is 0.0198. The van der Waals surface area contributed by atoms with Crippen LogP contribution in [0.3, 0.4) is 0 Å². The number of hydrogen-bond acceptors (Lipinski definition) is 12. The zero-order valence-electron chi connectivity index (χ0n) is 38.0. The molecular formula is C48H62N5O11P. The number of amides is 4. The summed E-state index contributed by atoms with van der Waals surface area (Å²) in [6, 6.07) is 21.9. The Morgan fingerprint density at radius 1 is 0.877 bits per heavy atom. The number of aryl methyl sites for hydroxylation is 1. The second-order valence-corrected chi connectivity index (χ2v) is 18.5. The average molecular weight is 916 g/mol. The summed E-state index contributed by atoms with van der Waals surface area (Å²) < 4.78 is 35.8. The van der Waals surface area contributed by atoms with Crippen molar-refractivity contribution in [3.05, 3.63) is 112 Å². The summed E-state index contributed by atoms with van der Waals surface area (Å²) in [6.45, 7) is 12.8. The molecule has 350 valence electrons. The van der Waals surface area contributed by atoms with Gasteiger partial charge < -0.3 is 39.2 Å². The topological polar surface area (TPSA) is 195 Å². The second-order valence-electron chi connectivity index (χ2n) is 15.9. The highest BCUT2D eigenvalue weighted by Crippen LogP contribution is 2.42. The maximum Gasteiger partial charge on any atom is 0.363 e. The van der Waals surface area contributed by atoms with Gasteiger partial charge in [-0.05, 0) is 73.7 Å². The van der Waals surface area contributed by atoms with Crippen LogP contribution in [0.15, 0.2) is 83.3 Å². The van der Waals surface area contributed by atoms with Gasteiger partial charge in [0, 0.05) is 31.9 Å². The third-order valence-electron chi connectivity index (χ3n) is 11.0. The van der Waals surface area contributed by atoms with E-state index in [1.165, 1.54) is 12.7 Å². The zero-order valence-corrected chi connectivity index (χ0v) is 38.9. The highest BCUT2D eigenvalue weighted by atomic mass is 31.2. The Labute approximate surface area is 381 Å². The fourth-order valence-electron chi connectivity index (χ4n) is 7.46. The van der Waals surface area contributed by atoms with Crippen LogP contribution in [-0.4, -0.2) is 98.6 Å². The Morgan fingerprint density at radius 2 is 1.63 bits per heavy atom. The highest BCUT2D eigenvalue weighted by Gasteiger charge is 2.34. The van der Waals surface area contributed by atoms with E-state index in [0.29, 0.717) is 61.3 Å². The van der Waals surface area contributed by atoms with Crippen molar-refractivity contribution in [3.63, 3.8) is 0 Å². The van der Waals surface area contributed by atoms with E-state index in [1.54, 1.807) is 37.3 Å². The van der Waals surface area contributed by atoms with Crippen LogP contribution < -0.4 is 20.7 Å². The molecule has 0 bridgehead atoms. The molecule has 3 N–H and O–H groups in total. The SMILES string of the molecule is CCCCC[C@@H](C(=O)NCNC(=O)c1ccc(-c2ccc(C(=O)NCP(C)(=O)OCc3ccccc3)c(OCC)c2)o1)[C@@H](CC)N(C=O)OC(=O)c1ccc(CN2CCOCC2)cc1C. The fraction of sp³-hybridized carbons (Fsp3) is 0.438. The first-order valence-corrected chi connectivity index (χ1v) is 24.4. The number of furan rings is 1. The van der Waals surface area contributed by atoms with Gasteiger partial charge in [0.25, 0.3) is 11.8 Å². The number of unbranched alkanes of at least 4 members (excludes halogenated alkanes) is 2. The summed E-state index contributed by atoms with van der Waals surface area (Å²) in [5.74, 6) is -2.42. The lowest BCUT2D eigenvalue weighted by molar-refractivity contribution is -0.171. The molecule has 1 fully saturated rings. The number of ether oxygens (including phenoxy) is 2. The molecule has 1 aliphatic rings. The van der Waals surface area contributed by atoms with Crippen molar-refractivity contribution in [3.8, 4) is 17.1 Å². The molecular weight excluding hydrogens is 854 g/mol. The fourth-order valence-corrected chi connectivity index (χ4v) is 8.41. The van der Waals surface area contributed by atoms with Crippen LogP contribution in [0, 0.1) is 12.8 Å². The van der Waals surface area contributed by atoms with E-state index < -0.39 is 43.0 Å². The number of hydroxylamine groups is 2. The molecule has 1 aliphatic heterocycles. The van der Waals surface area contributed by atoms with Gasteiger partial charge in [0.1, 0.15) is 11.5 Å². The molecule has 1 saturated heterocycles. The average Bonchev–Trinajstić information content (AvgIpc) is 3.81. The molecule has 4 aromatic rings. The van der Waals surface area contributed by atoms with E-state index in [9.17, 15) is 28.5 Å². The van der Waals surface area contributed by atoms with Crippen LogP contribution in [0.2, 0.25) is 0 Å². The van der Waals surface area contributed by atoms with Gasteiger partial charge in [-0.25, -0.2) is 4.79 Å². The smallest absolute Gasteiger partial charge is 0.363 e. The monoisotopic (exact) mass is 915 g/mol. The highest BCUT2D eigenvalue weighted by molar-refractivity contribution is 7.58. The molecule has 16 nitrogen and oxygen atoms in total. The molecule has 17 heteroatoms. The van der Waals surface area contributed by atoms with Crippen molar-refractivity contribution in [2.45, 2.75) is 79.0 Å². The van der Waals surface area contributed by atoms with Gasteiger partial charge >= 0.3 is 5.97 Å². The van der Waals surface area contributed by atoms with Crippen LogP contribution in [0.1, 0.15) is 101 Å². The normalized spacial score (nSPS) is 14.6. The van der Waals surface area contributed by atoms with Crippen molar-refractivity contribution in [1.82, 2.24) is 25.9 Å². The van der Waals surface area contributed by atoms with E-state index in [-0.39, 0.29) is 43.2 Å². The van der Waals surface area contributed by atoms with Crippen molar-refractivity contribution in [1.29, 1.82) is 0 Å². The number of morpholine rings is 1. The van der Waals surface area contributed by atoms with Gasteiger partial charge in [0.05, 0.1) is 62.5 Å². The summed E-state index contributed by atoms with van der Waals surface area (Å²) in [5.41, 5.74) is 3.67. The number of hydrogen-bond donors (Lipinski definition) is 3. The molecule has 4 amide bonds. The number of nitrogens with one attached hydrogen (secondary N) is 3. The van der Waals surface area contributed by atoms with Gasteiger partial charge in [0.2, 0.25) is 19.7 Å². The van der Waals surface area contributed by atoms with E-state index in [4.69, 9.17) is 23.3 Å². The number of rotatable bonds is 25. The first-order chi connectivity index (χ1) is 31.4. The molecule has 2 heterocycles. The zero-order chi connectivity index (χ0) is 46.8. The maximum absolute atomic E-state index is 13.8. The minimum Gasteiger partial charge on any atom is -0.493 e. The lowest BCUT2D eigenvalue weighted by Gasteiger charge is -2.32. The van der Waals surface area contributed by atoms with Crippen molar-refractivity contribution < 1.29 is 51.8 Å². The molecule has 0 aliphatic carbocycles. The van der Waals surface area contributed by atoms with E-state index in [0.717, 1.165) is 48.7 Å². The molecule has 0 radical (unpaired) electrons. The Kier molecular flexibility index (Phi) is 19.3. The standard InChI is InChI=1S/C48H62N5O11P/c1-6-9-11-16-39(41(7-2)53(33-54)64-48(58)38-19-17-36(27-34(38)4)29-52-23-25-60-26-24-52)45(55)49-31-50-47(57)43-22-21-42(63-43)37-18-20-40(44(28-37)61-8-3)46(56)51-32-65(5,59)62-30-35-14-12-10-13-15-35/h10,12-15,17-22,27-28,33,39,41H,6-9,11,16,23-26,29-32H2,1-5H3,(H,49,55)(H,50,57)(H,51,56)/t39-,41-,65?/m1/s1. The van der Waals surface area contributed by atoms with Crippen LogP contribution in [0.25, 0.3) is 11.3 Å². The van der Waals surface area contributed by atoms with E-state index >= 15 is 0 Å². The summed E-state index contributed by atoms with van der Waals surface area (Å²) in [7, 11) is -3.17. The van der Waals surface area contributed by atoms with Crippen molar-refractivity contribution in [2.75, 3.05) is 52.5 Å². The van der Waals surface area contributed by atoms with E-state index in [2.05, 4.69) is 20.9 Å². The molecule has 5 rings (SSSR count). The molecule has 0 saturated carbocycles. The summed E-state index contributed by atoms with van der Waals surface area (Å²) in [4.78, 5) is 74.0. The van der Waals surface area contributed by atoms with Crippen LogP contribution in [0.5, 0.6) is 5.75 Å². The summed E-state index contributed by atoms with van der Waals surface area (Å²) in [5, 5.41) is 9.04. The minimum atomic E-state index is -3.17. The summed E-state index contributed by atoms with van der Waals surface area (Å²) in [6.07, 6.45) is 3.43. The molecule has 1 unspecified atom stereocenters. The molecule has 65 heavy (non-hydrogen) atoms. The Bertz CT molecular complexity index is 2260. The predicted molar refractivity (Wildman–Crippen MR) is 245 cm³/mol. The van der Waals surface area contributed by atoms with Gasteiger partial charge in [-0.2, -0.15) is 5.06 Å². The van der Waals surface area contributed by atoms with Crippen LogP contribution in [0.4, 0.5) is 0 Å². The maximum atomic E-state index is 13.8. The lowest BCUT2D eigenvalue weighted by Crippen LogP contribution is -2.49. The van der Waals surface area contributed by atoms with Gasteiger partial charge in [-0.15, -0.1) is 0 Å². The number of carbonyl (C=O) groups excluding carboxylic acids is 5. The molecule has 3 atom stereocenters. The Balaban J connectivity index is 1.17. The largest absolute Gasteiger partial charge is 0.493 e. The summed E-state index contributed by atoms with van der Waals surface area (Å²) >= 11 is 0. The van der Waals surface area contributed by atoms with Gasteiger partial charge in [-0.3, -0.25) is 28.6 Å². The van der Waals surface area contributed by atoms with E-state index in [1.807, 2.05) is 63.2 Å². The molecule has 3 aromatic carbocycles. The first kappa shape index (κ1) is 50.2. The number of benzene rings is 3. The third-order valence-corrected chi connectivity index (χ3v) is 12.4. The Hall–Kier alpha value is -5.80. The number of carbonyl (C=O) groups is 5. The van der Waals surface area contributed by atoms with Gasteiger partial charge in [0.15, 0.2) is 5.76 Å². The minimum absolute atomic E-state index is 0.0300. The van der Waals surface area contributed by atoms with Crippen molar-refractivity contribution >= 4 is 37.5 Å². The van der Waals surface area contributed by atoms with Crippen LogP contribution >= 0.6 is 7.37 Å².